The maximum absolute atomic E-state index is 12.5. The summed E-state index contributed by atoms with van der Waals surface area (Å²) in [6, 6.07) is 12.5. The lowest BCUT2D eigenvalue weighted by Gasteiger charge is -2.17. The molecule has 2 amide bonds. The van der Waals surface area contributed by atoms with E-state index in [1.165, 1.54) is 0 Å². The molecule has 0 saturated heterocycles. The molecule has 0 radical (unpaired) electrons. The van der Waals surface area contributed by atoms with Crippen LogP contribution in [0.25, 0.3) is 0 Å². The Hall–Kier alpha value is -4.08. The van der Waals surface area contributed by atoms with Gasteiger partial charge in [0, 0.05) is 23.4 Å². The fraction of sp³-hybridized carbons (Fsp3) is 0.273. The number of nitrogens with one attached hydrogen (secondary N) is 4. The molecule has 2 aromatic carbocycles. The number of hydrogen-bond donors (Lipinski definition) is 5. The minimum absolute atomic E-state index is 0.184. The fourth-order valence-corrected chi connectivity index (χ4v) is 2.81. The molecule has 0 bridgehead atoms. The average Bonchev–Trinajstić information content (AvgIpc) is 2.74. The monoisotopic (exact) mass is 441 g/mol. The molecule has 0 unspecified atom stereocenters. The minimum Gasteiger partial charge on any atom is -0.464 e. The van der Waals surface area contributed by atoms with E-state index in [1.807, 2.05) is 0 Å². The zero-order valence-electron chi connectivity index (χ0n) is 17.9. The van der Waals surface area contributed by atoms with Gasteiger partial charge in [0.25, 0.3) is 5.91 Å². The molecule has 0 spiro atoms. The highest BCUT2D eigenvalue weighted by atomic mass is 16.6. The second kappa shape index (κ2) is 11.9. The summed E-state index contributed by atoms with van der Waals surface area (Å²) in [7, 11) is 0. The van der Waals surface area contributed by atoms with Crippen LogP contribution in [0.2, 0.25) is 0 Å². The van der Waals surface area contributed by atoms with Crippen LogP contribution in [0.1, 0.15) is 29.8 Å². The molecule has 0 aliphatic heterocycles. The Labute approximate surface area is 186 Å². The maximum atomic E-state index is 12.5. The zero-order chi connectivity index (χ0) is 23.5. The number of ether oxygens (including phenoxy) is 2. The van der Waals surface area contributed by atoms with Gasteiger partial charge >= 0.3 is 12.1 Å². The predicted octanol–water partition coefficient (Wildman–Crippen LogP) is 2.46. The topological polar surface area (TPSA) is 156 Å². The van der Waals surface area contributed by atoms with Gasteiger partial charge in [0.1, 0.15) is 6.04 Å². The van der Waals surface area contributed by atoms with Gasteiger partial charge in [-0.05, 0) is 49.7 Å². The molecular weight excluding hydrogens is 414 g/mol. The predicted molar refractivity (Wildman–Crippen MR) is 121 cm³/mol. The second-order valence-corrected chi connectivity index (χ2v) is 6.64. The second-order valence-electron chi connectivity index (χ2n) is 6.64. The highest BCUT2D eigenvalue weighted by Gasteiger charge is 2.23. The third-order valence-corrected chi connectivity index (χ3v) is 4.19. The highest BCUT2D eigenvalue weighted by molar-refractivity contribution is 6.05. The molecule has 1 atom stereocenters. The van der Waals surface area contributed by atoms with E-state index >= 15 is 0 Å². The van der Waals surface area contributed by atoms with Gasteiger partial charge in [0.05, 0.1) is 13.2 Å². The SMILES string of the molecule is CCOC(=O)N[C@@H](Cc1ccc(NC(=O)c2cccc(NC(=N)N)c2)cc1)C(=O)OCC. The largest absolute Gasteiger partial charge is 0.464 e. The standard InChI is InChI=1S/C22H27N5O5/c1-3-31-20(29)18(27-22(30)32-4-2)12-14-8-10-16(11-9-14)25-19(28)15-6-5-7-17(13-15)26-21(23)24/h5-11,13,18H,3-4,12H2,1-2H3,(H,25,28)(H,27,30)(H4,23,24,26)/t18-/m0/s1. The number of nitrogens with two attached hydrogens (primary N) is 1. The van der Waals surface area contributed by atoms with Gasteiger partial charge in [-0.15, -0.1) is 0 Å². The Kier molecular flexibility index (Phi) is 9.03. The Balaban J connectivity index is 2.04. The number of esters is 1. The van der Waals surface area contributed by atoms with Crippen molar-refractivity contribution in [3.05, 3.63) is 59.7 Å². The summed E-state index contributed by atoms with van der Waals surface area (Å²) in [4.78, 5) is 36.4. The van der Waals surface area contributed by atoms with Crippen molar-refractivity contribution >= 4 is 35.3 Å². The van der Waals surface area contributed by atoms with Gasteiger partial charge in [-0.1, -0.05) is 18.2 Å². The van der Waals surface area contributed by atoms with Crippen LogP contribution in [0, 0.1) is 5.41 Å². The number of rotatable bonds is 9. The van der Waals surface area contributed by atoms with Gasteiger partial charge in [-0.25, -0.2) is 9.59 Å². The van der Waals surface area contributed by atoms with E-state index in [-0.39, 0.29) is 31.5 Å². The normalized spacial score (nSPS) is 11.1. The molecule has 0 saturated carbocycles. The first kappa shape index (κ1) is 24.2. The summed E-state index contributed by atoms with van der Waals surface area (Å²) in [5.74, 6) is -1.12. The minimum atomic E-state index is -0.897. The first-order valence-electron chi connectivity index (χ1n) is 10.0. The van der Waals surface area contributed by atoms with Crippen molar-refractivity contribution in [1.29, 1.82) is 5.41 Å². The average molecular weight is 441 g/mol. The van der Waals surface area contributed by atoms with Crippen LogP contribution in [-0.2, 0) is 20.7 Å². The van der Waals surface area contributed by atoms with Crippen LogP contribution >= 0.6 is 0 Å². The summed E-state index contributed by atoms with van der Waals surface area (Å²) in [6.45, 7) is 3.72. The number of amides is 2. The van der Waals surface area contributed by atoms with Gasteiger partial charge in [-0.2, -0.15) is 0 Å². The maximum Gasteiger partial charge on any atom is 0.407 e. The molecule has 10 nitrogen and oxygen atoms in total. The number of carbonyl (C=O) groups is 3. The Bertz CT molecular complexity index is 961. The number of hydrogen-bond acceptors (Lipinski definition) is 6. The van der Waals surface area contributed by atoms with E-state index in [0.29, 0.717) is 16.9 Å². The van der Waals surface area contributed by atoms with Crippen LogP contribution in [0.4, 0.5) is 16.2 Å². The molecule has 0 heterocycles. The van der Waals surface area contributed by atoms with Crippen molar-refractivity contribution in [3.63, 3.8) is 0 Å². The Morgan fingerprint density at radius 3 is 2.28 bits per heavy atom. The van der Waals surface area contributed by atoms with Crippen LogP contribution in [0.3, 0.4) is 0 Å². The first-order valence-corrected chi connectivity index (χ1v) is 10.0. The number of alkyl carbamates (subject to hydrolysis) is 1. The quantitative estimate of drug-likeness (QED) is 0.227. The first-order chi connectivity index (χ1) is 15.3. The smallest absolute Gasteiger partial charge is 0.407 e. The van der Waals surface area contributed by atoms with Gasteiger partial charge in [0.15, 0.2) is 5.96 Å². The van der Waals surface area contributed by atoms with Crippen molar-refractivity contribution in [2.75, 3.05) is 23.8 Å². The van der Waals surface area contributed by atoms with Gasteiger partial charge in [0.2, 0.25) is 0 Å². The molecule has 170 valence electrons. The molecule has 2 aromatic rings. The van der Waals surface area contributed by atoms with Crippen LogP contribution in [-0.4, -0.2) is 43.2 Å². The Morgan fingerprint density at radius 2 is 1.66 bits per heavy atom. The number of guanidine groups is 1. The summed E-state index contributed by atoms with van der Waals surface area (Å²) < 4.78 is 9.87. The Morgan fingerprint density at radius 1 is 0.969 bits per heavy atom. The zero-order valence-corrected chi connectivity index (χ0v) is 17.9. The van der Waals surface area contributed by atoms with E-state index in [0.717, 1.165) is 5.56 Å². The molecule has 0 aliphatic carbocycles. The number of carbonyl (C=O) groups excluding carboxylic acids is 3. The van der Waals surface area contributed by atoms with Crippen molar-refractivity contribution in [2.45, 2.75) is 26.3 Å². The van der Waals surface area contributed by atoms with Gasteiger partial charge < -0.3 is 31.2 Å². The molecular formula is C22H27N5O5. The van der Waals surface area contributed by atoms with Crippen LogP contribution in [0.15, 0.2) is 48.5 Å². The molecule has 0 aromatic heterocycles. The molecule has 0 fully saturated rings. The molecule has 2 rings (SSSR count). The lowest BCUT2D eigenvalue weighted by atomic mass is 10.1. The van der Waals surface area contributed by atoms with Crippen molar-refractivity contribution in [3.8, 4) is 0 Å². The van der Waals surface area contributed by atoms with E-state index in [9.17, 15) is 14.4 Å². The summed E-state index contributed by atoms with van der Waals surface area (Å²) in [6.07, 6.45) is -0.499. The van der Waals surface area contributed by atoms with Gasteiger partial charge in [-0.3, -0.25) is 10.2 Å². The molecule has 32 heavy (non-hydrogen) atoms. The van der Waals surface area contributed by atoms with Crippen LogP contribution in [0.5, 0.6) is 0 Å². The third kappa shape index (κ3) is 7.63. The lowest BCUT2D eigenvalue weighted by molar-refractivity contribution is -0.145. The molecule has 10 heteroatoms. The van der Waals surface area contributed by atoms with Crippen molar-refractivity contribution in [1.82, 2.24) is 5.32 Å². The lowest BCUT2D eigenvalue weighted by Crippen LogP contribution is -2.43. The number of anilines is 2. The summed E-state index contributed by atoms with van der Waals surface area (Å²) >= 11 is 0. The van der Waals surface area contributed by atoms with Crippen LogP contribution < -0.4 is 21.7 Å². The number of benzene rings is 2. The van der Waals surface area contributed by atoms with Crippen molar-refractivity contribution < 1.29 is 23.9 Å². The molecule has 6 N–H and O–H groups in total. The van der Waals surface area contributed by atoms with E-state index in [1.54, 1.807) is 62.4 Å². The fourth-order valence-electron chi connectivity index (χ4n) is 2.81. The highest BCUT2D eigenvalue weighted by Crippen LogP contribution is 2.15. The molecule has 0 aliphatic rings. The van der Waals surface area contributed by atoms with E-state index in [4.69, 9.17) is 20.6 Å². The van der Waals surface area contributed by atoms with E-state index < -0.39 is 18.1 Å². The summed E-state index contributed by atoms with van der Waals surface area (Å²) in [5.41, 5.74) is 7.54. The van der Waals surface area contributed by atoms with Crippen molar-refractivity contribution in [2.24, 2.45) is 5.73 Å². The third-order valence-electron chi connectivity index (χ3n) is 4.19. The summed E-state index contributed by atoms with van der Waals surface area (Å²) in [5, 5.41) is 15.2. The van der Waals surface area contributed by atoms with E-state index in [2.05, 4.69) is 16.0 Å².